The third-order valence-corrected chi connectivity index (χ3v) is 4.44. The van der Waals surface area contributed by atoms with Gasteiger partial charge in [-0.1, -0.05) is 26.2 Å². The zero-order valence-electron chi connectivity index (χ0n) is 12.0. The molecule has 0 aliphatic heterocycles. The maximum absolute atomic E-state index is 13.8. The Bertz CT molecular complexity index is 604. The summed E-state index contributed by atoms with van der Waals surface area (Å²) in [4.78, 5) is 11.6. The van der Waals surface area contributed by atoms with Gasteiger partial charge in [0.25, 0.3) is 15.0 Å². The number of hydrogen-bond acceptors (Lipinski definition) is 3. The predicted molar refractivity (Wildman–Crippen MR) is 80.5 cm³/mol. The summed E-state index contributed by atoms with van der Waals surface area (Å²) in [5, 5.41) is 2.69. The van der Waals surface area contributed by atoms with Crippen molar-refractivity contribution in [3.05, 3.63) is 29.6 Å². The molecule has 0 bridgehead atoms. The van der Waals surface area contributed by atoms with Crippen molar-refractivity contribution in [2.75, 3.05) is 0 Å². The van der Waals surface area contributed by atoms with Gasteiger partial charge in [0.1, 0.15) is 5.82 Å². The molecule has 0 saturated carbocycles. The van der Waals surface area contributed by atoms with Crippen LogP contribution in [0.15, 0.2) is 23.1 Å². The van der Waals surface area contributed by atoms with Gasteiger partial charge in [-0.3, -0.25) is 4.79 Å². The molecular weight excluding hydrogens is 317 g/mol. The number of hydrogen-bond donors (Lipinski definition) is 1. The Kier molecular flexibility index (Phi) is 6.61. The summed E-state index contributed by atoms with van der Waals surface area (Å²) in [6.45, 7) is 3.94. The van der Waals surface area contributed by atoms with E-state index in [9.17, 15) is 17.6 Å². The van der Waals surface area contributed by atoms with E-state index in [0.29, 0.717) is 0 Å². The Morgan fingerprint density at radius 3 is 2.57 bits per heavy atom. The summed E-state index contributed by atoms with van der Waals surface area (Å²) >= 11 is 0. The highest BCUT2D eigenvalue weighted by Crippen LogP contribution is 2.18. The van der Waals surface area contributed by atoms with Gasteiger partial charge in [-0.05, 0) is 31.5 Å². The van der Waals surface area contributed by atoms with E-state index >= 15 is 0 Å². The summed E-state index contributed by atoms with van der Waals surface area (Å²) in [7, 11) is 1.12. The third-order valence-electron chi connectivity index (χ3n) is 3.08. The van der Waals surface area contributed by atoms with Gasteiger partial charge in [-0.2, -0.15) is 0 Å². The first-order valence-corrected chi connectivity index (χ1v) is 9.11. The van der Waals surface area contributed by atoms with Crippen LogP contribution in [0.25, 0.3) is 0 Å². The van der Waals surface area contributed by atoms with Crippen LogP contribution in [-0.4, -0.2) is 20.4 Å². The van der Waals surface area contributed by atoms with E-state index in [4.69, 9.17) is 10.7 Å². The number of rotatable bonds is 7. The van der Waals surface area contributed by atoms with Crippen molar-refractivity contribution in [2.45, 2.75) is 50.5 Å². The lowest BCUT2D eigenvalue weighted by molar-refractivity contribution is 0.0933. The summed E-state index contributed by atoms with van der Waals surface area (Å²) in [5.41, 5.74) is -0.193. The van der Waals surface area contributed by atoms with Crippen molar-refractivity contribution in [3.8, 4) is 0 Å². The Morgan fingerprint density at radius 1 is 1.38 bits per heavy atom. The molecule has 0 heterocycles. The summed E-state index contributed by atoms with van der Waals surface area (Å²) < 4.78 is 36.0. The van der Waals surface area contributed by atoms with Crippen LogP contribution in [0, 0.1) is 5.82 Å². The van der Waals surface area contributed by atoms with Crippen LogP contribution in [-0.2, 0) is 9.05 Å². The van der Waals surface area contributed by atoms with E-state index in [1.807, 2.05) is 6.92 Å². The van der Waals surface area contributed by atoms with E-state index in [-0.39, 0.29) is 16.5 Å². The lowest BCUT2D eigenvalue weighted by atomic mass is 10.1. The minimum atomic E-state index is -4.01. The molecular formula is C14H19ClFNO3S. The van der Waals surface area contributed by atoms with Crippen LogP contribution in [0.1, 0.15) is 49.9 Å². The van der Waals surface area contributed by atoms with E-state index in [1.165, 1.54) is 0 Å². The van der Waals surface area contributed by atoms with E-state index < -0.39 is 20.8 Å². The minimum absolute atomic E-state index is 0.0695. The molecule has 1 atom stereocenters. The first-order chi connectivity index (χ1) is 9.75. The van der Waals surface area contributed by atoms with Gasteiger partial charge < -0.3 is 5.32 Å². The third kappa shape index (κ3) is 5.63. The molecule has 0 radical (unpaired) electrons. The molecule has 1 aromatic rings. The van der Waals surface area contributed by atoms with Gasteiger partial charge >= 0.3 is 0 Å². The fourth-order valence-electron chi connectivity index (χ4n) is 1.91. The topological polar surface area (TPSA) is 63.2 Å². The molecule has 1 amide bonds. The molecule has 0 fully saturated rings. The Morgan fingerprint density at radius 2 is 2.05 bits per heavy atom. The second-order valence-electron chi connectivity index (χ2n) is 4.95. The highest BCUT2D eigenvalue weighted by atomic mass is 35.7. The molecule has 0 aliphatic carbocycles. The molecule has 1 N–H and O–H groups in total. The molecule has 0 saturated heterocycles. The second kappa shape index (κ2) is 7.75. The van der Waals surface area contributed by atoms with Crippen LogP contribution in [0.5, 0.6) is 0 Å². The zero-order valence-corrected chi connectivity index (χ0v) is 13.6. The molecule has 4 nitrogen and oxygen atoms in total. The molecule has 0 spiro atoms. The number of benzene rings is 1. The fraction of sp³-hybridized carbons (Fsp3) is 0.500. The summed E-state index contributed by atoms with van der Waals surface area (Å²) in [6, 6.07) is 2.92. The summed E-state index contributed by atoms with van der Waals surface area (Å²) in [6.07, 6.45) is 3.97. The van der Waals surface area contributed by atoms with Crippen molar-refractivity contribution in [2.24, 2.45) is 0 Å². The van der Waals surface area contributed by atoms with Gasteiger partial charge in [0.05, 0.1) is 10.5 Å². The highest BCUT2D eigenvalue weighted by molar-refractivity contribution is 8.13. The van der Waals surface area contributed by atoms with Crippen LogP contribution in [0.4, 0.5) is 4.39 Å². The summed E-state index contributed by atoms with van der Waals surface area (Å²) in [5.74, 6) is -1.47. The smallest absolute Gasteiger partial charge is 0.261 e. The van der Waals surface area contributed by atoms with Gasteiger partial charge in [0, 0.05) is 16.7 Å². The van der Waals surface area contributed by atoms with Gasteiger partial charge in [-0.15, -0.1) is 0 Å². The molecule has 0 aliphatic rings. The van der Waals surface area contributed by atoms with Crippen LogP contribution >= 0.6 is 10.7 Å². The Balaban J connectivity index is 2.75. The van der Waals surface area contributed by atoms with Crippen molar-refractivity contribution in [1.29, 1.82) is 0 Å². The Labute approximate surface area is 129 Å². The second-order valence-corrected chi connectivity index (χ2v) is 7.52. The van der Waals surface area contributed by atoms with Gasteiger partial charge in [0.2, 0.25) is 0 Å². The number of halogens is 2. The van der Waals surface area contributed by atoms with Crippen molar-refractivity contribution < 1.29 is 17.6 Å². The number of nitrogens with one attached hydrogen (secondary N) is 1. The number of carbonyl (C=O) groups excluding carboxylic acids is 1. The highest BCUT2D eigenvalue weighted by Gasteiger charge is 2.18. The average molecular weight is 336 g/mol. The Hall–Kier alpha value is -1.14. The largest absolute Gasteiger partial charge is 0.349 e. The fourth-order valence-corrected chi connectivity index (χ4v) is 2.67. The first-order valence-electron chi connectivity index (χ1n) is 6.80. The molecule has 0 aromatic heterocycles. The van der Waals surface area contributed by atoms with Crippen molar-refractivity contribution in [1.82, 2.24) is 5.32 Å². The molecule has 1 unspecified atom stereocenters. The monoisotopic (exact) mass is 335 g/mol. The quantitative estimate of drug-likeness (QED) is 0.613. The van der Waals surface area contributed by atoms with Crippen molar-refractivity contribution in [3.63, 3.8) is 0 Å². The van der Waals surface area contributed by atoms with Crippen LogP contribution < -0.4 is 5.32 Å². The molecule has 1 aromatic carbocycles. The average Bonchev–Trinajstić information content (AvgIpc) is 2.37. The number of carbonyl (C=O) groups is 1. The molecule has 21 heavy (non-hydrogen) atoms. The van der Waals surface area contributed by atoms with Crippen molar-refractivity contribution >= 4 is 25.6 Å². The standard InChI is InChI=1S/C14H19ClFNO3S/c1-3-4-5-6-10(2)17-14(18)12-8-7-11(9-13(12)16)21(15,19)20/h7-10H,3-6H2,1-2H3,(H,17,18). The molecule has 118 valence electrons. The lowest BCUT2D eigenvalue weighted by Gasteiger charge is -2.14. The number of amides is 1. The van der Waals surface area contributed by atoms with E-state index in [0.717, 1.165) is 43.9 Å². The maximum Gasteiger partial charge on any atom is 0.261 e. The molecule has 7 heteroatoms. The zero-order chi connectivity index (χ0) is 16.0. The van der Waals surface area contributed by atoms with E-state index in [1.54, 1.807) is 0 Å². The SMILES string of the molecule is CCCCCC(C)NC(=O)c1ccc(S(=O)(=O)Cl)cc1F. The maximum atomic E-state index is 13.8. The van der Waals surface area contributed by atoms with Crippen LogP contribution in [0.3, 0.4) is 0 Å². The van der Waals surface area contributed by atoms with Gasteiger partial charge in [0.15, 0.2) is 0 Å². The number of unbranched alkanes of at least 4 members (excludes halogenated alkanes) is 2. The van der Waals surface area contributed by atoms with E-state index in [2.05, 4.69) is 12.2 Å². The van der Waals surface area contributed by atoms with Gasteiger partial charge in [-0.25, -0.2) is 12.8 Å². The first kappa shape index (κ1) is 17.9. The molecule has 1 rings (SSSR count). The normalized spacial score (nSPS) is 13.0. The lowest BCUT2D eigenvalue weighted by Crippen LogP contribution is -2.33. The minimum Gasteiger partial charge on any atom is -0.349 e. The van der Waals surface area contributed by atoms with Crippen LogP contribution in [0.2, 0.25) is 0 Å². The predicted octanol–water partition coefficient (Wildman–Crippen LogP) is 3.45.